The zero-order valence-electron chi connectivity index (χ0n) is 8.37. The molecule has 0 atom stereocenters. The zero-order valence-corrected chi connectivity index (χ0v) is 8.37. The van der Waals surface area contributed by atoms with Crippen molar-refractivity contribution in [2.24, 2.45) is 0 Å². The highest BCUT2D eigenvalue weighted by Gasteiger charge is 2.02. The first-order valence-electron chi connectivity index (χ1n) is 4.60. The second-order valence-electron chi connectivity index (χ2n) is 3.03. The summed E-state index contributed by atoms with van der Waals surface area (Å²) >= 11 is 0. The predicted octanol–water partition coefficient (Wildman–Crippen LogP) is 1.42. The normalized spacial score (nSPS) is 9.56. The quantitative estimate of drug-likeness (QED) is 0.726. The van der Waals surface area contributed by atoms with Gasteiger partial charge in [-0.05, 0) is 24.3 Å². The van der Waals surface area contributed by atoms with E-state index in [1.54, 1.807) is 0 Å². The van der Waals surface area contributed by atoms with Crippen LogP contribution in [0.5, 0.6) is 0 Å². The number of aliphatic carboxylic acids is 1. The summed E-state index contributed by atoms with van der Waals surface area (Å²) < 4.78 is 12.5. The molecule has 0 saturated heterocycles. The maximum atomic E-state index is 12.5. The van der Waals surface area contributed by atoms with Crippen molar-refractivity contribution in [1.29, 1.82) is 0 Å². The molecule has 0 aliphatic carbocycles. The molecule has 0 spiro atoms. The lowest BCUT2D eigenvalue weighted by Crippen LogP contribution is -2.30. The van der Waals surface area contributed by atoms with Crippen molar-refractivity contribution in [2.75, 3.05) is 11.9 Å². The molecule has 0 heterocycles. The van der Waals surface area contributed by atoms with Gasteiger partial charge < -0.3 is 15.7 Å². The Morgan fingerprint density at radius 2 is 1.88 bits per heavy atom. The lowest BCUT2D eigenvalue weighted by atomic mass is 10.3. The molecule has 0 unspecified atom stereocenters. The minimum absolute atomic E-state index is 0.0440. The fourth-order valence-corrected chi connectivity index (χ4v) is 0.991. The van der Waals surface area contributed by atoms with E-state index in [0.29, 0.717) is 5.69 Å². The third kappa shape index (κ3) is 4.41. The van der Waals surface area contributed by atoms with E-state index in [1.807, 2.05) is 0 Å². The fourth-order valence-electron chi connectivity index (χ4n) is 0.991. The molecule has 0 radical (unpaired) electrons. The lowest BCUT2D eigenvalue weighted by molar-refractivity contribution is -0.136. The van der Waals surface area contributed by atoms with Crippen LogP contribution in [-0.4, -0.2) is 23.7 Å². The summed E-state index contributed by atoms with van der Waals surface area (Å²) in [4.78, 5) is 21.3. The van der Waals surface area contributed by atoms with Crippen molar-refractivity contribution >= 4 is 17.7 Å². The first-order chi connectivity index (χ1) is 7.58. The Hall–Kier alpha value is -2.11. The predicted molar refractivity (Wildman–Crippen MR) is 55.7 cm³/mol. The van der Waals surface area contributed by atoms with Gasteiger partial charge in [0.25, 0.3) is 0 Å². The molecule has 0 aromatic heterocycles. The first kappa shape index (κ1) is 12.0. The van der Waals surface area contributed by atoms with Crippen molar-refractivity contribution in [3.8, 4) is 0 Å². The molecule has 1 rings (SSSR count). The number of hydrogen-bond donors (Lipinski definition) is 3. The van der Waals surface area contributed by atoms with Gasteiger partial charge in [-0.25, -0.2) is 9.18 Å². The number of carboxylic acids is 1. The fraction of sp³-hybridized carbons (Fsp3) is 0.200. The van der Waals surface area contributed by atoms with Crippen molar-refractivity contribution in [2.45, 2.75) is 6.42 Å². The minimum atomic E-state index is -0.984. The maximum Gasteiger partial charge on any atom is 0.319 e. The molecule has 2 amide bonds. The Bertz CT molecular complexity index is 378. The van der Waals surface area contributed by atoms with Gasteiger partial charge in [0.05, 0.1) is 6.42 Å². The molecule has 16 heavy (non-hydrogen) atoms. The standard InChI is InChI=1S/C10H11FN2O3/c11-7-1-3-8(4-2-7)13-10(16)12-6-5-9(14)15/h1-4H,5-6H2,(H,14,15)(H2,12,13,16). The van der Waals surface area contributed by atoms with E-state index in [2.05, 4.69) is 10.6 Å². The van der Waals surface area contributed by atoms with Crippen LogP contribution in [-0.2, 0) is 4.79 Å². The summed E-state index contributed by atoms with van der Waals surface area (Å²) in [7, 11) is 0. The van der Waals surface area contributed by atoms with Gasteiger partial charge in [0.2, 0.25) is 0 Å². The third-order valence-corrected chi connectivity index (χ3v) is 1.73. The van der Waals surface area contributed by atoms with Crippen LogP contribution in [0, 0.1) is 5.82 Å². The van der Waals surface area contributed by atoms with Crippen LogP contribution in [0.3, 0.4) is 0 Å². The number of benzene rings is 1. The Morgan fingerprint density at radius 3 is 2.44 bits per heavy atom. The summed E-state index contributed by atoms with van der Waals surface area (Å²) in [6, 6.07) is 4.73. The van der Waals surface area contributed by atoms with E-state index in [9.17, 15) is 14.0 Å². The minimum Gasteiger partial charge on any atom is -0.481 e. The number of rotatable bonds is 4. The van der Waals surface area contributed by atoms with E-state index in [1.165, 1.54) is 24.3 Å². The molecule has 86 valence electrons. The van der Waals surface area contributed by atoms with Crippen LogP contribution in [0.4, 0.5) is 14.9 Å². The Labute approximate surface area is 91.3 Å². The van der Waals surface area contributed by atoms with Crippen LogP contribution in [0.15, 0.2) is 24.3 Å². The van der Waals surface area contributed by atoms with E-state index < -0.39 is 17.8 Å². The highest BCUT2D eigenvalue weighted by molar-refractivity contribution is 5.89. The zero-order chi connectivity index (χ0) is 12.0. The number of nitrogens with one attached hydrogen (secondary N) is 2. The highest BCUT2D eigenvalue weighted by atomic mass is 19.1. The van der Waals surface area contributed by atoms with Crippen LogP contribution in [0.25, 0.3) is 0 Å². The molecule has 1 aromatic carbocycles. The van der Waals surface area contributed by atoms with Gasteiger partial charge in [0.1, 0.15) is 5.82 Å². The van der Waals surface area contributed by atoms with Gasteiger partial charge in [0.15, 0.2) is 0 Å². The number of halogens is 1. The second kappa shape index (κ2) is 5.69. The molecule has 0 fully saturated rings. The molecule has 1 aromatic rings. The van der Waals surface area contributed by atoms with Crippen molar-refractivity contribution in [1.82, 2.24) is 5.32 Å². The molecule has 6 heteroatoms. The topological polar surface area (TPSA) is 78.4 Å². The van der Waals surface area contributed by atoms with Crippen LogP contribution in [0.2, 0.25) is 0 Å². The third-order valence-electron chi connectivity index (χ3n) is 1.73. The second-order valence-corrected chi connectivity index (χ2v) is 3.03. The van der Waals surface area contributed by atoms with E-state index in [-0.39, 0.29) is 13.0 Å². The largest absolute Gasteiger partial charge is 0.481 e. The number of anilines is 1. The molecule has 0 aliphatic heterocycles. The maximum absolute atomic E-state index is 12.5. The number of carboxylic acid groups (broad SMARTS) is 1. The summed E-state index contributed by atoms with van der Waals surface area (Å²) in [5.74, 6) is -1.38. The van der Waals surface area contributed by atoms with Gasteiger partial charge in [-0.3, -0.25) is 4.79 Å². The molecule has 5 nitrogen and oxygen atoms in total. The Kier molecular flexibility index (Phi) is 4.26. The lowest BCUT2D eigenvalue weighted by Gasteiger charge is -2.06. The monoisotopic (exact) mass is 226 g/mol. The van der Waals surface area contributed by atoms with Crippen LogP contribution < -0.4 is 10.6 Å². The van der Waals surface area contributed by atoms with Crippen molar-refractivity contribution < 1.29 is 19.1 Å². The molecule has 0 aliphatic rings. The van der Waals surface area contributed by atoms with Gasteiger partial charge in [0, 0.05) is 12.2 Å². The number of carbonyl (C=O) groups is 2. The van der Waals surface area contributed by atoms with Gasteiger partial charge in [-0.1, -0.05) is 0 Å². The molecule has 0 bridgehead atoms. The average molecular weight is 226 g/mol. The van der Waals surface area contributed by atoms with Gasteiger partial charge in [-0.15, -0.1) is 0 Å². The smallest absolute Gasteiger partial charge is 0.319 e. The van der Waals surface area contributed by atoms with Crippen molar-refractivity contribution in [3.05, 3.63) is 30.1 Å². The van der Waals surface area contributed by atoms with Crippen LogP contribution in [0.1, 0.15) is 6.42 Å². The van der Waals surface area contributed by atoms with Gasteiger partial charge in [-0.2, -0.15) is 0 Å². The molecular weight excluding hydrogens is 215 g/mol. The summed E-state index contributed by atoms with van der Waals surface area (Å²) in [6.45, 7) is 0.0440. The number of urea groups is 1. The van der Waals surface area contributed by atoms with Gasteiger partial charge >= 0.3 is 12.0 Å². The Morgan fingerprint density at radius 1 is 1.25 bits per heavy atom. The SMILES string of the molecule is O=C(O)CCNC(=O)Nc1ccc(F)cc1. The summed E-state index contributed by atoms with van der Waals surface area (Å²) in [5.41, 5.74) is 0.439. The number of hydrogen-bond acceptors (Lipinski definition) is 2. The average Bonchev–Trinajstić information content (AvgIpc) is 2.21. The first-order valence-corrected chi connectivity index (χ1v) is 4.60. The summed E-state index contributed by atoms with van der Waals surface area (Å²) in [6.07, 6.45) is -0.142. The molecule has 3 N–H and O–H groups in total. The number of amides is 2. The number of carbonyl (C=O) groups excluding carboxylic acids is 1. The van der Waals surface area contributed by atoms with E-state index in [4.69, 9.17) is 5.11 Å². The highest BCUT2D eigenvalue weighted by Crippen LogP contribution is 2.07. The molecular formula is C10H11FN2O3. The van der Waals surface area contributed by atoms with E-state index in [0.717, 1.165) is 0 Å². The van der Waals surface area contributed by atoms with E-state index >= 15 is 0 Å². The van der Waals surface area contributed by atoms with Crippen LogP contribution >= 0.6 is 0 Å². The summed E-state index contributed by atoms with van der Waals surface area (Å²) in [5, 5.41) is 13.1. The Balaban J connectivity index is 2.34. The van der Waals surface area contributed by atoms with Crippen molar-refractivity contribution in [3.63, 3.8) is 0 Å². The molecule has 0 saturated carbocycles.